The average Bonchev–Trinajstić information content (AvgIpc) is 2.84. The van der Waals surface area contributed by atoms with Gasteiger partial charge in [0.25, 0.3) is 5.56 Å². The fraction of sp³-hybridized carbons (Fsp3) is 0.560. The van der Waals surface area contributed by atoms with Crippen molar-refractivity contribution >= 4 is 15.7 Å². The van der Waals surface area contributed by atoms with E-state index in [9.17, 15) is 23.4 Å². The molecule has 2 aromatic rings. The van der Waals surface area contributed by atoms with Gasteiger partial charge in [0.05, 0.1) is 28.5 Å². The zero-order valence-electron chi connectivity index (χ0n) is 21.4. The lowest BCUT2D eigenvalue weighted by Crippen LogP contribution is -2.61. The van der Waals surface area contributed by atoms with Gasteiger partial charge < -0.3 is 25.3 Å². The Labute approximate surface area is 217 Å². The molecule has 0 radical (unpaired) electrons. The maximum atomic E-state index is 13.5. The van der Waals surface area contributed by atoms with Crippen LogP contribution in [0.5, 0.6) is 5.75 Å². The molecule has 204 valence electrons. The van der Waals surface area contributed by atoms with Crippen LogP contribution in [-0.4, -0.2) is 95.6 Å². The molecule has 0 saturated carbocycles. The Bertz CT molecular complexity index is 1220. The van der Waals surface area contributed by atoms with Crippen LogP contribution in [-0.2, 0) is 10.0 Å². The minimum Gasteiger partial charge on any atom is -0.493 e. The molecule has 1 aromatic heterocycles. The lowest BCUT2D eigenvalue weighted by molar-refractivity contribution is 0.0754. The second kappa shape index (κ2) is 13.2. The van der Waals surface area contributed by atoms with Crippen LogP contribution < -0.4 is 10.3 Å². The lowest BCUT2D eigenvalue weighted by Gasteiger charge is -2.44. The number of nitrogens with zero attached hydrogens (tertiary/aromatic N) is 3. The van der Waals surface area contributed by atoms with Gasteiger partial charge in [0.15, 0.2) is 0 Å². The van der Waals surface area contributed by atoms with E-state index >= 15 is 0 Å². The van der Waals surface area contributed by atoms with Crippen LogP contribution >= 0.6 is 0 Å². The van der Waals surface area contributed by atoms with Crippen molar-refractivity contribution in [1.82, 2.24) is 19.2 Å². The van der Waals surface area contributed by atoms with Crippen molar-refractivity contribution in [2.24, 2.45) is 0 Å². The molecular weight excluding hydrogens is 498 g/mol. The molecule has 0 atom stereocenters. The molecule has 3 rings (SSSR count). The molecule has 0 amide bonds. The van der Waals surface area contributed by atoms with Gasteiger partial charge in [0.1, 0.15) is 11.6 Å². The van der Waals surface area contributed by atoms with Crippen LogP contribution in [0.3, 0.4) is 0 Å². The van der Waals surface area contributed by atoms with E-state index in [4.69, 9.17) is 10.1 Å². The molecule has 0 bridgehead atoms. The van der Waals surface area contributed by atoms with Crippen molar-refractivity contribution in [1.29, 1.82) is 5.41 Å². The van der Waals surface area contributed by atoms with Crippen LogP contribution in [0, 0.1) is 5.41 Å². The van der Waals surface area contributed by atoms with Crippen LogP contribution in [0.4, 0.5) is 0 Å². The predicted octanol–water partition coefficient (Wildman–Crippen LogP) is 1.44. The first-order valence-electron chi connectivity index (χ1n) is 12.7. The Morgan fingerprint density at radius 2 is 1.86 bits per heavy atom. The second-order valence-electron chi connectivity index (χ2n) is 8.96. The van der Waals surface area contributed by atoms with Crippen LogP contribution in [0.15, 0.2) is 34.0 Å². The molecule has 1 aliphatic rings. The Morgan fingerprint density at radius 1 is 1.19 bits per heavy atom. The number of aliphatic hydroxyl groups is 2. The van der Waals surface area contributed by atoms with E-state index in [0.29, 0.717) is 63.4 Å². The number of hydrogen-bond acceptors (Lipinski definition) is 9. The van der Waals surface area contributed by atoms with Gasteiger partial charge in [-0.2, -0.15) is 4.31 Å². The SMILES string of the molecule is CCCC(=N)c1cc(=O)[nH]c(-c2cc(S(=O)(=O)N3CC(N(CCCO)CCCO)C3)ccc2OCC)n1. The quantitative estimate of drug-likeness (QED) is 0.249. The Balaban J connectivity index is 1.90. The van der Waals surface area contributed by atoms with Crippen molar-refractivity contribution in [3.05, 3.63) is 40.3 Å². The first-order chi connectivity index (χ1) is 17.7. The van der Waals surface area contributed by atoms with Gasteiger partial charge >= 0.3 is 0 Å². The van der Waals surface area contributed by atoms with E-state index in [-0.39, 0.29) is 41.4 Å². The number of ether oxygens (including phenoxy) is 1. The molecule has 1 saturated heterocycles. The molecule has 0 unspecified atom stereocenters. The largest absolute Gasteiger partial charge is 0.493 e. The molecule has 37 heavy (non-hydrogen) atoms. The zero-order chi connectivity index (χ0) is 27.0. The zero-order valence-corrected chi connectivity index (χ0v) is 22.3. The summed E-state index contributed by atoms with van der Waals surface area (Å²) < 4.78 is 34.0. The van der Waals surface area contributed by atoms with Crippen molar-refractivity contribution in [3.63, 3.8) is 0 Å². The highest BCUT2D eigenvalue weighted by Gasteiger charge is 2.39. The molecule has 1 aromatic carbocycles. The summed E-state index contributed by atoms with van der Waals surface area (Å²) in [5.41, 5.74) is 0.367. The minimum absolute atomic E-state index is 0.00863. The number of aromatic nitrogens is 2. The summed E-state index contributed by atoms with van der Waals surface area (Å²) in [6.45, 7) is 6.04. The van der Waals surface area contributed by atoms with Gasteiger partial charge in [-0.05, 0) is 44.4 Å². The predicted molar refractivity (Wildman–Crippen MR) is 141 cm³/mol. The van der Waals surface area contributed by atoms with E-state index < -0.39 is 15.6 Å². The number of aromatic amines is 1. The third-order valence-electron chi connectivity index (χ3n) is 6.25. The lowest BCUT2D eigenvalue weighted by atomic mass is 10.1. The molecule has 1 aliphatic heterocycles. The van der Waals surface area contributed by atoms with E-state index in [1.807, 2.05) is 6.92 Å². The fourth-order valence-electron chi connectivity index (χ4n) is 4.27. The standard InChI is InChI=1S/C25H37N5O6S/c1-3-7-21(26)22-15-24(33)28-25(27-22)20-14-19(8-9-23(20)36-4-2)37(34,35)30-16-18(17-30)29(10-5-12-31)11-6-13-32/h8-9,14-15,18,26,31-32H,3-7,10-13,16-17H2,1-2H3,(H,27,28,33). The highest BCUT2D eigenvalue weighted by Crippen LogP contribution is 2.33. The number of aliphatic hydroxyl groups excluding tert-OH is 2. The molecule has 2 heterocycles. The molecule has 4 N–H and O–H groups in total. The smallest absolute Gasteiger partial charge is 0.251 e. The topological polar surface area (TPSA) is 160 Å². The van der Waals surface area contributed by atoms with Crippen LogP contribution in [0.2, 0.25) is 0 Å². The Kier molecular flexibility index (Phi) is 10.4. The number of sulfonamides is 1. The highest BCUT2D eigenvalue weighted by atomic mass is 32.2. The van der Waals surface area contributed by atoms with Crippen LogP contribution in [0.1, 0.15) is 45.2 Å². The summed E-state index contributed by atoms with van der Waals surface area (Å²) in [6, 6.07) is 5.76. The van der Waals surface area contributed by atoms with E-state index in [0.717, 1.165) is 6.42 Å². The number of rotatable bonds is 15. The monoisotopic (exact) mass is 535 g/mol. The normalized spacial score (nSPS) is 14.6. The van der Waals surface area contributed by atoms with Crippen molar-refractivity contribution in [3.8, 4) is 17.1 Å². The maximum absolute atomic E-state index is 13.5. The van der Waals surface area contributed by atoms with Gasteiger partial charge in [-0.25, -0.2) is 13.4 Å². The van der Waals surface area contributed by atoms with Gasteiger partial charge in [-0.3, -0.25) is 9.69 Å². The molecule has 11 nitrogen and oxygen atoms in total. The summed E-state index contributed by atoms with van der Waals surface area (Å²) >= 11 is 0. The summed E-state index contributed by atoms with van der Waals surface area (Å²) in [5, 5.41) is 26.6. The van der Waals surface area contributed by atoms with E-state index in [1.54, 1.807) is 13.0 Å². The van der Waals surface area contributed by atoms with Gasteiger partial charge in [0.2, 0.25) is 10.0 Å². The number of H-pyrrole nitrogens is 1. The van der Waals surface area contributed by atoms with Gasteiger partial charge in [-0.1, -0.05) is 13.3 Å². The first-order valence-corrected chi connectivity index (χ1v) is 14.1. The van der Waals surface area contributed by atoms with E-state index in [2.05, 4.69) is 14.9 Å². The Hall–Kier alpha value is -2.64. The summed E-state index contributed by atoms with van der Waals surface area (Å²) in [4.78, 5) is 21.6. The molecule has 0 aliphatic carbocycles. The highest BCUT2D eigenvalue weighted by molar-refractivity contribution is 7.89. The van der Waals surface area contributed by atoms with Gasteiger partial charge in [0, 0.05) is 51.5 Å². The first kappa shape index (κ1) is 28.9. The van der Waals surface area contributed by atoms with E-state index in [1.165, 1.54) is 22.5 Å². The summed E-state index contributed by atoms with van der Waals surface area (Å²) in [6.07, 6.45) is 2.36. The fourth-order valence-corrected chi connectivity index (χ4v) is 5.81. The van der Waals surface area contributed by atoms with Crippen molar-refractivity contribution < 1.29 is 23.4 Å². The summed E-state index contributed by atoms with van der Waals surface area (Å²) in [5.74, 6) is 0.522. The van der Waals surface area contributed by atoms with Crippen LogP contribution in [0.25, 0.3) is 11.4 Å². The number of benzene rings is 1. The second-order valence-corrected chi connectivity index (χ2v) is 10.9. The molecular formula is C25H37N5O6S. The number of nitrogens with one attached hydrogen (secondary N) is 2. The van der Waals surface area contributed by atoms with Crippen molar-refractivity contribution in [2.45, 2.75) is 50.5 Å². The maximum Gasteiger partial charge on any atom is 0.251 e. The summed E-state index contributed by atoms with van der Waals surface area (Å²) in [7, 11) is -3.83. The van der Waals surface area contributed by atoms with Crippen molar-refractivity contribution in [2.75, 3.05) is 46.0 Å². The minimum atomic E-state index is -3.83. The van der Waals surface area contributed by atoms with Gasteiger partial charge in [-0.15, -0.1) is 0 Å². The number of hydrogen-bond donors (Lipinski definition) is 4. The molecule has 0 spiro atoms. The Morgan fingerprint density at radius 3 is 2.46 bits per heavy atom. The third-order valence-corrected chi connectivity index (χ3v) is 8.07. The third kappa shape index (κ3) is 7.02. The molecule has 12 heteroatoms. The molecule has 1 fully saturated rings. The average molecular weight is 536 g/mol.